The van der Waals surface area contributed by atoms with E-state index in [-0.39, 0.29) is 5.91 Å². The van der Waals surface area contributed by atoms with Gasteiger partial charge in [0.2, 0.25) is 0 Å². The zero-order chi connectivity index (χ0) is 18.1. The molecule has 6 nitrogen and oxygen atoms in total. The molecule has 0 radical (unpaired) electrons. The molecule has 0 aliphatic carbocycles. The smallest absolute Gasteiger partial charge is 0.257 e. The molecule has 6 heteroatoms. The minimum Gasteiger partial charge on any atom is -0.346 e. The summed E-state index contributed by atoms with van der Waals surface area (Å²) >= 11 is 0. The molecule has 4 heterocycles. The van der Waals surface area contributed by atoms with Crippen molar-refractivity contribution in [2.45, 2.75) is 33.1 Å². The number of hydrogen-bond acceptors (Lipinski definition) is 4. The highest BCUT2D eigenvalue weighted by Gasteiger charge is 2.26. The fraction of sp³-hybridized carbons (Fsp3) is 0.400. The van der Waals surface area contributed by atoms with Crippen molar-refractivity contribution in [1.29, 1.82) is 0 Å². The first-order chi connectivity index (χ1) is 12.6. The molecule has 1 atom stereocenters. The number of rotatable bonds is 3. The highest BCUT2D eigenvalue weighted by atomic mass is 16.2. The van der Waals surface area contributed by atoms with E-state index in [2.05, 4.69) is 26.0 Å². The van der Waals surface area contributed by atoms with Gasteiger partial charge < -0.3 is 9.88 Å². The molecule has 1 fully saturated rings. The summed E-state index contributed by atoms with van der Waals surface area (Å²) in [5.41, 5.74) is 3.52. The van der Waals surface area contributed by atoms with Crippen molar-refractivity contribution in [2.24, 2.45) is 5.92 Å². The summed E-state index contributed by atoms with van der Waals surface area (Å²) in [4.78, 5) is 31.0. The molecule has 1 aliphatic heterocycles. The lowest BCUT2D eigenvalue weighted by Gasteiger charge is -2.33. The summed E-state index contributed by atoms with van der Waals surface area (Å²) < 4.78 is 0. The third-order valence-corrected chi connectivity index (χ3v) is 5.12. The third kappa shape index (κ3) is 3.31. The number of H-pyrrole nitrogens is 1. The van der Waals surface area contributed by atoms with E-state index in [4.69, 9.17) is 0 Å². The van der Waals surface area contributed by atoms with E-state index < -0.39 is 0 Å². The van der Waals surface area contributed by atoms with Crippen LogP contribution in [0.15, 0.2) is 30.7 Å². The highest BCUT2D eigenvalue weighted by Crippen LogP contribution is 2.23. The number of aryl methyl sites for hydroxylation is 2. The molecular formula is C20H23N5O. The SMILES string of the molecule is Cc1ncc(C(=O)N2CCCC(Cc3cnc4[nH]ccc4c3)C2)c(C)n1. The van der Waals surface area contributed by atoms with Crippen molar-refractivity contribution < 1.29 is 4.79 Å². The van der Waals surface area contributed by atoms with E-state index >= 15 is 0 Å². The topological polar surface area (TPSA) is 74.8 Å². The second kappa shape index (κ2) is 6.86. The van der Waals surface area contributed by atoms with Crippen LogP contribution in [0.3, 0.4) is 0 Å². The Labute approximate surface area is 152 Å². The molecule has 1 amide bonds. The number of likely N-dealkylation sites (tertiary alicyclic amines) is 1. The van der Waals surface area contributed by atoms with Gasteiger partial charge in [-0.1, -0.05) is 0 Å². The Hall–Kier alpha value is -2.76. The molecule has 1 aliphatic rings. The molecule has 3 aromatic heterocycles. The number of fused-ring (bicyclic) bond motifs is 1. The van der Waals surface area contributed by atoms with Gasteiger partial charge >= 0.3 is 0 Å². The predicted molar refractivity (Wildman–Crippen MR) is 99.9 cm³/mol. The maximum absolute atomic E-state index is 12.9. The van der Waals surface area contributed by atoms with Crippen LogP contribution in [-0.2, 0) is 6.42 Å². The largest absolute Gasteiger partial charge is 0.346 e. The minimum atomic E-state index is 0.0476. The second-order valence-electron chi connectivity index (χ2n) is 7.14. The Bertz CT molecular complexity index is 948. The lowest BCUT2D eigenvalue weighted by molar-refractivity contribution is 0.0671. The number of amides is 1. The van der Waals surface area contributed by atoms with Crippen LogP contribution in [0.4, 0.5) is 0 Å². The van der Waals surface area contributed by atoms with Crippen LogP contribution in [0.1, 0.15) is 40.3 Å². The third-order valence-electron chi connectivity index (χ3n) is 5.12. The molecule has 0 aromatic carbocycles. The molecule has 4 rings (SSSR count). The molecule has 134 valence electrons. The van der Waals surface area contributed by atoms with Crippen molar-refractivity contribution in [3.63, 3.8) is 0 Å². The zero-order valence-corrected chi connectivity index (χ0v) is 15.2. The van der Waals surface area contributed by atoms with Gasteiger partial charge in [-0.05, 0) is 56.7 Å². The molecule has 0 spiro atoms. The van der Waals surface area contributed by atoms with Crippen molar-refractivity contribution >= 4 is 16.9 Å². The van der Waals surface area contributed by atoms with Gasteiger partial charge in [0.1, 0.15) is 11.5 Å². The fourth-order valence-electron chi connectivity index (χ4n) is 3.81. The molecule has 1 saturated heterocycles. The molecule has 1 unspecified atom stereocenters. The first-order valence-electron chi connectivity index (χ1n) is 9.11. The summed E-state index contributed by atoms with van der Waals surface area (Å²) in [6.45, 7) is 5.30. The highest BCUT2D eigenvalue weighted by molar-refractivity contribution is 5.95. The number of aromatic amines is 1. The quantitative estimate of drug-likeness (QED) is 0.788. The van der Waals surface area contributed by atoms with Gasteiger partial charge in [-0.15, -0.1) is 0 Å². The van der Waals surface area contributed by atoms with E-state index in [0.29, 0.717) is 17.3 Å². The lowest BCUT2D eigenvalue weighted by atomic mass is 9.91. The Balaban J connectivity index is 1.47. The normalized spacial score (nSPS) is 17.6. The number of nitrogens with one attached hydrogen (secondary N) is 1. The van der Waals surface area contributed by atoms with E-state index in [1.807, 2.05) is 37.2 Å². The molecular weight excluding hydrogens is 326 g/mol. The maximum Gasteiger partial charge on any atom is 0.257 e. The first-order valence-corrected chi connectivity index (χ1v) is 9.11. The number of pyridine rings is 1. The van der Waals surface area contributed by atoms with E-state index in [1.54, 1.807) is 6.20 Å². The predicted octanol–water partition coefficient (Wildman–Crippen LogP) is 3.06. The van der Waals surface area contributed by atoms with Crippen LogP contribution < -0.4 is 0 Å². The van der Waals surface area contributed by atoms with Crippen molar-refractivity contribution in [3.8, 4) is 0 Å². The number of piperidine rings is 1. The van der Waals surface area contributed by atoms with Crippen LogP contribution in [0.25, 0.3) is 11.0 Å². The van der Waals surface area contributed by atoms with Gasteiger partial charge in [0.25, 0.3) is 5.91 Å². The van der Waals surface area contributed by atoms with Gasteiger partial charge in [0.15, 0.2) is 0 Å². The van der Waals surface area contributed by atoms with Crippen LogP contribution >= 0.6 is 0 Å². The van der Waals surface area contributed by atoms with Gasteiger partial charge in [-0.25, -0.2) is 15.0 Å². The van der Waals surface area contributed by atoms with Gasteiger partial charge in [-0.3, -0.25) is 4.79 Å². The van der Waals surface area contributed by atoms with Gasteiger partial charge in [0, 0.05) is 37.1 Å². The summed E-state index contributed by atoms with van der Waals surface area (Å²) in [5, 5.41) is 1.14. The van der Waals surface area contributed by atoms with Crippen molar-refractivity contribution in [1.82, 2.24) is 24.8 Å². The zero-order valence-electron chi connectivity index (χ0n) is 15.2. The summed E-state index contributed by atoms with van der Waals surface area (Å²) in [5.74, 6) is 1.20. The standard InChI is InChI=1S/C20H23N5O/c1-13-18(11-22-14(2)24-13)20(26)25-7-3-4-15(12-25)8-16-9-17-5-6-21-19(17)23-10-16/h5-6,9-11,15H,3-4,7-8,12H2,1-2H3,(H,21,23). The number of carbonyl (C=O) groups excluding carboxylic acids is 1. The Kier molecular flexibility index (Phi) is 4.41. The van der Waals surface area contributed by atoms with Crippen LogP contribution in [0.2, 0.25) is 0 Å². The number of nitrogens with zero attached hydrogens (tertiary/aromatic N) is 4. The molecule has 0 bridgehead atoms. The summed E-state index contributed by atoms with van der Waals surface area (Å²) in [7, 11) is 0. The van der Waals surface area contributed by atoms with Crippen LogP contribution in [0, 0.1) is 19.8 Å². The van der Waals surface area contributed by atoms with E-state index in [9.17, 15) is 4.79 Å². The number of aromatic nitrogens is 4. The number of carbonyl (C=O) groups is 1. The monoisotopic (exact) mass is 349 g/mol. The average Bonchev–Trinajstić information content (AvgIpc) is 3.09. The Morgan fingerprint density at radius 1 is 1.31 bits per heavy atom. The minimum absolute atomic E-state index is 0.0476. The second-order valence-corrected chi connectivity index (χ2v) is 7.14. The molecule has 3 aromatic rings. The van der Waals surface area contributed by atoms with Crippen LogP contribution in [-0.4, -0.2) is 43.8 Å². The fourth-order valence-corrected chi connectivity index (χ4v) is 3.81. The lowest BCUT2D eigenvalue weighted by Crippen LogP contribution is -2.41. The van der Waals surface area contributed by atoms with Crippen molar-refractivity contribution in [2.75, 3.05) is 13.1 Å². The number of hydrogen-bond donors (Lipinski definition) is 1. The van der Waals surface area contributed by atoms with Crippen LogP contribution in [0.5, 0.6) is 0 Å². The Morgan fingerprint density at radius 3 is 3.04 bits per heavy atom. The maximum atomic E-state index is 12.9. The van der Waals surface area contributed by atoms with Crippen molar-refractivity contribution in [3.05, 3.63) is 53.4 Å². The van der Waals surface area contributed by atoms with E-state index in [0.717, 1.165) is 49.1 Å². The van der Waals surface area contributed by atoms with E-state index in [1.165, 1.54) is 5.56 Å². The summed E-state index contributed by atoms with van der Waals surface area (Å²) in [6.07, 6.45) is 8.63. The molecule has 1 N–H and O–H groups in total. The first kappa shape index (κ1) is 16.7. The van der Waals surface area contributed by atoms with Gasteiger partial charge in [0.05, 0.1) is 11.3 Å². The Morgan fingerprint density at radius 2 is 2.19 bits per heavy atom. The summed E-state index contributed by atoms with van der Waals surface area (Å²) in [6, 6.07) is 4.24. The molecule has 26 heavy (non-hydrogen) atoms. The average molecular weight is 349 g/mol. The van der Waals surface area contributed by atoms with Gasteiger partial charge in [-0.2, -0.15) is 0 Å². The molecule has 0 saturated carbocycles.